The number of ether oxygens (including phenoxy) is 1. The summed E-state index contributed by atoms with van der Waals surface area (Å²) in [7, 11) is 0. The van der Waals surface area contributed by atoms with Crippen LogP contribution in [0.4, 0.5) is 0 Å². The van der Waals surface area contributed by atoms with Gasteiger partial charge in [-0.2, -0.15) is 0 Å². The van der Waals surface area contributed by atoms with Crippen LogP contribution in [0.15, 0.2) is 11.6 Å². The molecule has 1 amide bonds. The number of fused-ring (bicyclic) bond motifs is 5. The van der Waals surface area contributed by atoms with Crippen LogP contribution in [-0.4, -0.2) is 49.1 Å². The van der Waals surface area contributed by atoms with Crippen molar-refractivity contribution in [3.05, 3.63) is 11.6 Å². The molecule has 0 aromatic carbocycles. The maximum Gasteiger partial charge on any atom is 0.306 e. The zero-order valence-corrected chi connectivity index (χ0v) is 31.9. The van der Waals surface area contributed by atoms with E-state index in [4.69, 9.17) is 16.2 Å². The third kappa shape index (κ3) is 9.89. The lowest BCUT2D eigenvalue weighted by Crippen LogP contribution is -2.51. The van der Waals surface area contributed by atoms with Crippen LogP contribution in [0.1, 0.15) is 163 Å². The second-order valence-electron chi connectivity index (χ2n) is 17.6. The fourth-order valence-electron chi connectivity index (χ4n) is 11.2. The molecule has 3 saturated carbocycles. The topological polar surface area (TPSA) is 98.7 Å². The summed E-state index contributed by atoms with van der Waals surface area (Å²) in [6, 6.07) is 0. The van der Waals surface area contributed by atoms with Crippen LogP contribution >= 0.6 is 0 Å². The van der Waals surface area contributed by atoms with E-state index in [1.54, 1.807) is 5.57 Å². The second kappa shape index (κ2) is 18.7. The molecular formula is C42H75N3O3. The van der Waals surface area contributed by atoms with Gasteiger partial charge in [0.15, 0.2) is 0 Å². The van der Waals surface area contributed by atoms with Crippen molar-refractivity contribution in [2.75, 3.05) is 26.2 Å². The molecule has 6 heteroatoms. The third-order valence-corrected chi connectivity index (χ3v) is 14.0. The maximum atomic E-state index is 13.1. The summed E-state index contributed by atoms with van der Waals surface area (Å²) >= 11 is 0. The van der Waals surface area contributed by atoms with Gasteiger partial charge in [0.25, 0.3) is 0 Å². The van der Waals surface area contributed by atoms with Crippen molar-refractivity contribution in [3.8, 4) is 0 Å². The fraction of sp³-hybridized carbons (Fsp3) is 0.905. The van der Waals surface area contributed by atoms with E-state index < -0.39 is 0 Å². The lowest BCUT2D eigenvalue weighted by Gasteiger charge is -2.58. The monoisotopic (exact) mass is 670 g/mol. The third-order valence-electron chi connectivity index (χ3n) is 14.0. The molecule has 0 heterocycles. The number of rotatable bonds is 20. The summed E-state index contributed by atoms with van der Waals surface area (Å²) < 4.78 is 6.07. The number of esters is 1. The van der Waals surface area contributed by atoms with Crippen molar-refractivity contribution < 1.29 is 14.3 Å². The first-order valence-electron chi connectivity index (χ1n) is 20.6. The van der Waals surface area contributed by atoms with Crippen LogP contribution in [-0.2, 0) is 14.3 Å². The molecule has 0 saturated heterocycles. The molecule has 0 aliphatic heterocycles. The number of amides is 1. The van der Waals surface area contributed by atoms with E-state index in [9.17, 15) is 9.59 Å². The first-order valence-corrected chi connectivity index (χ1v) is 20.6. The minimum Gasteiger partial charge on any atom is -0.462 e. The van der Waals surface area contributed by atoms with Crippen molar-refractivity contribution >= 4 is 11.9 Å². The number of allylic oxidation sites excluding steroid dienone is 1. The zero-order valence-electron chi connectivity index (χ0n) is 31.9. The Labute approximate surface area is 295 Å². The summed E-state index contributed by atoms with van der Waals surface area (Å²) in [6.45, 7) is 15.3. The van der Waals surface area contributed by atoms with E-state index in [-0.39, 0.29) is 36.2 Å². The molecule has 4 aliphatic carbocycles. The molecule has 0 aromatic rings. The Hall–Kier alpha value is -1.40. The highest BCUT2D eigenvalue weighted by atomic mass is 16.5. The van der Waals surface area contributed by atoms with E-state index in [2.05, 4.69) is 40.7 Å². The van der Waals surface area contributed by atoms with Gasteiger partial charge in [-0.15, -0.1) is 0 Å². The number of carbonyl (C=O) groups is 2. The van der Waals surface area contributed by atoms with Gasteiger partial charge >= 0.3 is 5.97 Å². The number of nitrogens with two attached hydrogens (primary N) is 2. The van der Waals surface area contributed by atoms with Gasteiger partial charge in [0.2, 0.25) is 5.91 Å². The Morgan fingerprint density at radius 2 is 1.54 bits per heavy atom. The molecule has 4 aliphatic rings. The first kappa shape index (κ1) is 39.4. The van der Waals surface area contributed by atoms with Crippen LogP contribution < -0.4 is 11.5 Å². The van der Waals surface area contributed by atoms with E-state index in [1.165, 1.54) is 70.6 Å². The van der Waals surface area contributed by atoms with Crippen LogP contribution in [0.2, 0.25) is 0 Å². The molecule has 276 valence electrons. The van der Waals surface area contributed by atoms with Crippen molar-refractivity contribution in [2.24, 2.45) is 57.8 Å². The molecule has 3 fully saturated rings. The molecule has 0 aromatic heterocycles. The average Bonchev–Trinajstić information content (AvgIpc) is 3.42. The first-order chi connectivity index (χ1) is 23.0. The van der Waals surface area contributed by atoms with Gasteiger partial charge in [-0.3, -0.25) is 9.59 Å². The van der Waals surface area contributed by atoms with Crippen LogP contribution in [0, 0.1) is 46.3 Å². The van der Waals surface area contributed by atoms with Crippen molar-refractivity contribution in [1.29, 1.82) is 0 Å². The predicted molar refractivity (Wildman–Crippen MR) is 199 cm³/mol. The van der Waals surface area contributed by atoms with E-state index in [0.29, 0.717) is 18.5 Å². The smallest absolute Gasteiger partial charge is 0.306 e. The zero-order chi connectivity index (χ0) is 34.7. The predicted octanol–water partition coefficient (Wildman–Crippen LogP) is 9.20. The van der Waals surface area contributed by atoms with Crippen molar-refractivity contribution in [2.45, 2.75) is 169 Å². The van der Waals surface area contributed by atoms with Gasteiger partial charge in [0.05, 0.1) is 6.42 Å². The van der Waals surface area contributed by atoms with Gasteiger partial charge in [-0.25, -0.2) is 0 Å². The van der Waals surface area contributed by atoms with Crippen LogP contribution in [0.5, 0.6) is 0 Å². The SMILES string of the molecule is CC(C)CCCC(C)C1CCC2C3CC=C4CC(OC(=O)CCC(=O)N(CCCN)CCCCCCCCN)CCC4(C)C3CCC12C. The minimum absolute atomic E-state index is 0.0486. The summed E-state index contributed by atoms with van der Waals surface area (Å²) in [5.74, 6) is 4.84. The van der Waals surface area contributed by atoms with Crippen molar-refractivity contribution in [3.63, 3.8) is 0 Å². The molecule has 0 bridgehead atoms. The Kier molecular flexibility index (Phi) is 15.4. The van der Waals surface area contributed by atoms with Crippen molar-refractivity contribution in [1.82, 2.24) is 4.90 Å². The molecule has 8 unspecified atom stereocenters. The quantitative estimate of drug-likeness (QED) is 0.0765. The summed E-state index contributed by atoms with van der Waals surface area (Å²) in [4.78, 5) is 28.0. The van der Waals surface area contributed by atoms with Gasteiger partial charge in [0.1, 0.15) is 6.10 Å². The van der Waals surface area contributed by atoms with Crippen LogP contribution in [0.25, 0.3) is 0 Å². The lowest BCUT2D eigenvalue weighted by atomic mass is 9.47. The molecule has 6 nitrogen and oxygen atoms in total. The molecular weight excluding hydrogens is 594 g/mol. The number of nitrogens with zero attached hydrogens (tertiary/aromatic N) is 1. The standard InChI is InChI=1S/C42H75N3O3/c1-31(2)14-12-15-32(3)36-18-19-37-35-17-16-33-30-34(22-24-41(33,4)38(35)23-25-42(36,37)5)48-40(47)21-20-39(46)45(29-13-27-44)28-11-9-7-6-8-10-26-43/h16,31-32,34-38H,6-15,17-30,43-44H2,1-5H3. The van der Waals surface area contributed by atoms with Gasteiger partial charge in [-0.05, 0) is 124 Å². The van der Waals surface area contributed by atoms with Gasteiger partial charge in [0, 0.05) is 25.9 Å². The Balaban J connectivity index is 1.25. The largest absolute Gasteiger partial charge is 0.462 e. The van der Waals surface area contributed by atoms with Gasteiger partial charge in [-0.1, -0.05) is 91.2 Å². The molecule has 0 radical (unpaired) electrons. The molecule has 8 atom stereocenters. The number of unbranched alkanes of at least 4 members (excludes halogenated alkanes) is 5. The number of hydrogen-bond donors (Lipinski definition) is 2. The maximum absolute atomic E-state index is 13.1. The average molecular weight is 670 g/mol. The molecule has 0 spiro atoms. The summed E-state index contributed by atoms with van der Waals surface area (Å²) in [6.07, 6.45) is 24.4. The normalized spacial score (nSPS) is 31.8. The van der Waals surface area contributed by atoms with E-state index >= 15 is 0 Å². The lowest BCUT2D eigenvalue weighted by molar-refractivity contribution is -0.153. The summed E-state index contributed by atoms with van der Waals surface area (Å²) in [5, 5.41) is 0. The fourth-order valence-corrected chi connectivity index (χ4v) is 11.2. The second-order valence-corrected chi connectivity index (χ2v) is 17.6. The number of carbonyl (C=O) groups excluding carboxylic acids is 2. The highest BCUT2D eigenvalue weighted by molar-refractivity contribution is 5.81. The Morgan fingerprint density at radius 3 is 2.27 bits per heavy atom. The summed E-state index contributed by atoms with van der Waals surface area (Å²) in [5.41, 5.74) is 13.7. The highest BCUT2D eigenvalue weighted by Gasteiger charge is 2.59. The molecule has 48 heavy (non-hydrogen) atoms. The Bertz CT molecular complexity index is 1040. The minimum atomic E-state index is -0.210. The van der Waals surface area contributed by atoms with E-state index in [1.807, 2.05) is 4.90 Å². The van der Waals surface area contributed by atoms with E-state index in [0.717, 1.165) is 93.5 Å². The Morgan fingerprint density at radius 1 is 0.833 bits per heavy atom. The number of hydrogen-bond acceptors (Lipinski definition) is 5. The van der Waals surface area contributed by atoms with Crippen LogP contribution in [0.3, 0.4) is 0 Å². The molecule has 4 N–H and O–H groups in total. The van der Waals surface area contributed by atoms with Gasteiger partial charge < -0.3 is 21.1 Å². The highest BCUT2D eigenvalue weighted by Crippen LogP contribution is 2.67. The molecule has 4 rings (SSSR count).